The zero-order chi connectivity index (χ0) is 17.1. The van der Waals surface area contributed by atoms with Gasteiger partial charge in [-0.05, 0) is 29.2 Å². The molecule has 5 nitrogen and oxygen atoms in total. The van der Waals surface area contributed by atoms with E-state index in [4.69, 9.17) is 5.21 Å². The number of benzene rings is 2. The van der Waals surface area contributed by atoms with Gasteiger partial charge < -0.3 is 5.11 Å². The normalized spacial score (nSPS) is 19.5. The van der Waals surface area contributed by atoms with Crippen LogP contribution in [0.2, 0.25) is 0 Å². The van der Waals surface area contributed by atoms with E-state index in [-0.39, 0.29) is 12.2 Å². The third-order valence-corrected chi connectivity index (χ3v) is 4.78. The van der Waals surface area contributed by atoms with Crippen molar-refractivity contribution in [3.8, 4) is 0 Å². The summed E-state index contributed by atoms with van der Waals surface area (Å²) < 4.78 is 0. The molecule has 126 valence electrons. The van der Waals surface area contributed by atoms with Crippen molar-refractivity contribution in [2.24, 2.45) is 5.92 Å². The first-order valence-electron chi connectivity index (χ1n) is 8.30. The van der Waals surface area contributed by atoms with Gasteiger partial charge >= 0.3 is 0 Å². The zero-order valence-electron chi connectivity index (χ0n) is 13.4. The van der Waals surface area contributed by atoms with Crippen LogP contribution in [0.5, 0.6) is 0 Å². The maximum absolute atomic E-state index is 12.8. The lowest BCUT2D eigenvalue weighted by Crippen LogP contribution is -2.27. The van der Waals surface area contributed by atoms with Crippen molar-refractivity contribution in [3.05, 3.63) is 47.5 Å². The quantitative estimate of drug-likeness (QED) is 0.432. The third-order valence-electron chi connectivity index (χ3n) is 4.78. The molecule has 0 bridgehead atoms. The summed E-state index contributed by atoms with van der Waals surface area (Å²) in [4.78, 5) is 23.7. The van der Waals surface area contributed by atoms with E-state index in [0.717, 1.165) is 29.2 Å². The molecule has 0 aromatic heterocycles. The van der Waals surface area contributed by atoms with Gasteiger partial charge in [0.25, 0.3) is 0 Å². The van der Waals surface area contributed by atoms with Gasteiger partial charge in [-0.25, -0.2) is 5.48 Å². The number of rotatable bonds is 6. The lowest BCUT2D eigenvalue weighted by Gasteiger charge is -2.29. The summed E-state index contributed by atoms with van der Waals surface area (Å²) in [5.41, 5.74) is 3.13. The molecule has 24 heavy (non-hydrogen) atoms. The Morgan fingerprint density at radius 1 is 1.08 bits per heavy atom. The highest BCUT2D eigenvalue weighted by molar-refractivity contribution is 6.12. The minimum Gasteiger partial charge on any atom is -0.388 e. The number of ketones is 1. The van der Waals surface area contributed by atoms with Crippen LogP contribution in [-0.4, -0.2) is 22.0 Å². The third kappa shape index (κ3) is 3.05. The number of hydrogen-bond donors (Lipinski definition) is 3. The summed E-state index contributed by atoms with van der Waals surface area (Å²) in [5.74, 6) is -0.832. The predicted molar refractivity (Wildman–Crippen MR) is 89.7 cm³/mol. The van der Waals surface area contributed by atoms with E-state index >= 15 is 0 Å². The lowest BCUT2D eigenvalue weighted by atomic mass is 9.77. The maximum atomic E-state index is 12.8. The molecule has 3 N–H and O–H groups in total. The molecule has 0 aliphatic heterocycles. The fraction of sp³-hybridized carbons (Fsp3) is 0.368. The van der Waals surface area contributed by atoms with Gasteiger partial charge in [-0.15, -0.1) is 0 Å². The number of hydrogen-bond acceptors (Lipinski definition) is 4. The summed E-state index contributed by atoms with van der Waals surface area (Å²) in [6.07, 6.45) is 2.25. The molecule has 0 fully saturated rings. The topological polar surface area (TPSA) is 86.6 Å². The van der Waals surface area contributed by atoms with Crippen molar-refractivity contribution >= 4 is 22.5 Å². The minimum absolute atomic E-state index is 0.0000914. The summed E-state index contributed by atoms with van der Waals surface area (Å²) in [6, 6.07) is 11.4. The molecule has 0 saturated heterocycles. The van der Waals surface area contributed by atoms with E-state index in [9.17, 15) is 14.7 Å². The summed E-state index contributed by atoms with van der Waals surface area (Å²) in [7, 11) is 0. The molecule has 0 spiro atoms. The first-order chi connectivity index (χ1) is 11.6. The van der Waals surface area contributed by atoms with E-state index in [2.05, 4.69) is 0 Å². The Kier molecular flexibility index (Phi) is 4.92. The second-order valence-corrected chi connectivity index (χ2v) is 6.30. The molecule has 0 heterocycles. The lowest BCUT2D eigenvalue weighted by molar-refractivity contribution is -0.129. The van der Waals surface area contributed by atoms with E-state index in [1.807, 2.05) is 36.4 Å². The molecule has 2 atom stereocenters. The number of aliphatic hydroxyl groups excluding tert-OH is 1. The monoisotopic (exact) mass is 327 g/mol. The van der Waals surface area contributed by atoms with Crippen LogP contribution in [0.25, 0.3) is 10.8 Å². The second kappa shape index (κ2) is 7.11. The highest BCUT2D eigenvalue weighted by atomic mass is 16.5. The van der Waals surface area contributed by atoms with Gasteiger partial charge in [0.1, 0.15) is 0 Å². The number of amides is 1. The van der Waals surface area contributed by atoms with Crippen LogP contribution in [0.15, 0.2) is 36.4 Å². The molecule has 0 saturated carbocycles. The van der Waals surface area contributed by atoms with E-state index in [1.54, 1.807) is 5.48 Å². The van der Waals surface area contributed by atoms with Gasteiger partial charge in [0.15, 0.2) is 5.78 Å². The van der Waals surface area contributed by atoms with Crippen LogP contribution in [0.4, 0.5) is 0 Å². The molecule has 5 heteroatoms. The Morgan fingerprint density at radius 3 is 2.58 bits per heavy atom. The Labute approximate surface area is 140 Å². The van der Waals surface area contributed by atoms with Gasteiger partial charge in [0.2, 0.25) is 5.91 Å². The molecule has 3 rings (SSSR count). The number of unbranched alkanes of at least 4 members (excludes halogenated alkanes) is 2. The molecule has 2 aromatic rings. The van der Waals surface area contributed by atoms with Crippen LogP contribution in [0.3, 0.4) is 0 Å². The van der Waals surface area contributed by atoms with Crippen molar-refractivity contribution in [3.63, 3.8) is 0 Å². The second-order valence-electron chi connectivity index (χ2n) is 6.30. The summed E-state index contributed by atoms with van der Waals surface area (Å²) >= 11 is 0. The zero-order valence-corrected chi connectivity index (χ0v) is 13.4. The summed E-state index contributed by atoms with van der Waals surface area (Å²) in [5, 5.41) is 21.0. The number of nitrogens with one attached hydrogen (secondary N) is 1. The number of carbonyl (C=O) groups is 2. The van der Waals surface area contributed by atoms with E-state index < -0.39 is 17.9 Å². The molecule has 1 aliphatic carbocycles. The van der Waals surface area contributed by atoms with Crippen molar-refractivity contribution < 1.29 is 19.9 Å². The van der Waals surface area contributed by atoms with Crippen LogP contribution in [0, 0.1) is 5.92 Å². The highest BCUT2D eigenvalue weighted by Gasteiger charge is 2.35. The van der Waals surface area contributed by atoms with Crippen LogP contribution < -0.4 is 5.48 Å². The molecular weight excluding hydrogens is 306 g/mol. The molecule has 2 aromatic carbocycles. The molecule has 2 unspecified atom stereocenters. The molecule has 1 aliphatic rings. The number of aliphatic hydroxyl groups is 1. The average Bonchev–Trinajstić information content (AvgIpc) is 2.61. The van der Waals surface area contributed by atoms with Crippen molar-refractivity contribution in [1.82, 2.24) is 5.48 Å². The van der Waals surface area contributed by atoms with Crippen LogP contribution in [-0.2, 0) is 4.79 Å². The largest absolute Gasteiger partial charge is 0.388 e. The Morgan fingerprint density at radius 2 is 1.83 bits per heavy atom. The first kappa shape index (κ1) is 16.6. The fourth-order valence-corrected chi connectivity index (χ4v) is 3.55. The maximum Gasteiger partial charge on any atom is 0.243 e. The average molecular weight is 327 g/mol. The Hall–Kier alpha value is -2.24. The van der Waals surface area contributed by atoms with E-state index in [1.165, 1.54) is 0 Å². The molecule has 0 radical (unpaired) electrons. The number of Topliss-reactive ketones (excluding diaryl/α,β-unsaturated/α-hetero) is 1. The standard InChI is InChI=1S/C19H21NO4/c21-16(20-24)11-3-1-2-8-15-18(22)13-9-4-6-12-7-5-10-14(17(12)13)19(15)23/h4-7,9-10,15,18,22,24H,1-3,8,11H2,(H,20,21). The smallest absolute Gasteiger partial charge is 0.243 e. The van der Waals surface area contributed by atoms with Gasteiger partial charge in [0.05, 0.1) is 12.0 Å². The van der Waals surface area contributed by atoms with Crippen molar-refractivity contribution in [2.75, 3.05) is 0 Å². The number of hydroxylamine groups is 1. The van der Waals surface area contributed by atoms with Gasteiger partial charge in [0, 0.05) is 12.0 Å². The Balaban J connectivity index is 1.71. The fourth-order valence-electron chi connectivity index (χ4n) is 3.55. The number of carbonyl (C=O) groups excluding carboxylic acids is 2. The van der Waals surface area contributed by atoms with Crippen molar-refractivity contribution in [2.45, 2.75) is 38.2 Å². The molecule has 1 amide bonds. The van der Waals surface area contributed by atoms with Crippen molar-refractivity contribution in [1.29, 1.82) is 0 Å². The van der Waals surface area contributed by atoms with Gasteiger partial charge in [-0.1, -0.05) is 49.2 Å². The first-order valence-corrected chi connectivity index (χ1v) is 8.30. The minimum atomic E-state index is -0.781. The molecular formula is C19H21NO4. The van der Waals surface area contributed by atoms with Gasteiger partial charge in [-0.3, -0.25) is 14.8 Å². The highest BCUT2D eigenvalue weighted by Crippen LogP contribution is 2.40. The van der Waals surface area contributed by atoms with E-state index in [0.29, 0.717) is 18.4 Å². The van der Waals surface area contributed by atoms with Gasteiger partial charge in [-0.2, -0.15) is 0 Å². The SMILES string of the molecule is O=C(CCCCCC1C(=O)c2cccc3cccc(c23)C1O)NO. The Bertz CT molecular complexity index is 766. The van der Waals surface area contributed by atoms with Crippen LogP contribution in [0.1, 0.15) is 54.1 Å². The summed E-state index contributed by atoms with van der Waals surface area (Å²) in [6.45, 7) is 0. The predicted octanol–water partition coefficient (Wildman–Crippen LogP) is 3.14. The van der Waals surface area contributed by atoms with Crippen LogP contribution >= 0.6 is 0 Å².